The van der Waals surface area contributed by atoms with E-state index in [0.717, 1.165) is 32.9 Å². The zero-order valence-electron chi connectivity index (χ0n) is 15.8. The molecule has 5 nitrogen and oxygen atoms in total. The molecule has 3 rings (SSSR count). The highest BCUT2D eigenvalue weighted by molar-refractivity contribution is 9.10. The Morgan fingerprint density at radius 1 is 1.21 bits per heavy atom. The number of aryl methyl sites for hydroxylation is 1. The van der Waals surface area contributed by atoms with E-state index in [1.54, 1.807) is 19.3 Å². The van der Waals surface area contributed by atoms with Crippen LogP contribution in [0, 0.1) is 6.92 Å². The van der Waals surface area contributed by atoms with Crippen LogP contribution in [0.25, 0.3) is 6.08 Å². The van der Waals surface area contributed by atoms with Gasteiger partial charge in [-0.3, -0.25) is 14.5 Å². The molecule has 1 heterocycles. The lowest BCUT2D eigenvalue weighted by molar-refractivity contribution is -0.123. The van der Waals surface area contributed by atoms with E-state index in [0.29, 0.717) is 23.0 Å². The van der Waals surface area contributed by atoms with Crippen LogP contribution in [0.2, 0.25) is 0 Å². The van der Waals surface area contributed by atoms with Gasteiger partial charge in [-0.25, -0.2) is 0 Å². The van der Waals surface area contributed by atoms with Gasteiger partial charge in [-0.05, 0) is 70.9 Å². The van der Waals surface area contributed by atoms with Gasteiger partial charge in [0.25, 0.3) is 11.1 Å². The number of hydrogen-bond donors (Lipinski definition) is 0. The lowest BCUT2D eigenvalue weighted by atomic mass is 10.1. The predicted molar refractivity (Wildman–Crippen MR) is 115 cm³/mol. The number of imide groups is 1. The lowest BCUT2D eigenvalue weighted by Crippen LogP contribution is -2.27. The fraction of sp³-hybridized carbons (Fsp3) is 0.238. The topological polar surface area (TPSA) is 55.8 Å². The molecule has 28 heavy (non-hydrogen) atoms. The van der Waals surface area contributed by atoms with Gasteiger partial charge in [0.15, 0.2) is 11.5 Å². The molecule has 0 atom stereocenters. The molecule has 1 aliphatic rings. The van der Waals surface area contributed by atoms with Crippen LogP contribution in [0.3, 0.4) is 0 Å². The first-order chi connectivity index (χ1) is 13.4. The number of nitrogens with zero attached hydrogens (tertiary/aromatic N) is 1. The standard InChI is InChI=1S/C21H20BrNO4S/c1-4-27-19-16(22)9-15(10-17(19)26-3)11-18-20(24)23(21(25)28-18)12-14-7-5-6-13(2)8-14/h5-11H,4,12H2,1-3H3/b18-11-. The first-order valence-corrected chi connectivity index (χ1v) is 10.3. The van der Waals surface area contributed by atoms with Crippen LogP contribution >= 0.6 is 27.7 Å². The van der Waals surface area contributed by atoms with Crippen molar-refractivity contribution >= 4 is 44.9 Å². The minimum Gasteiger partial charge on any atom is -0.493 e. The molecule has 0 bridgehead atoms. The van der Waals surface area contributed by atoms with Gasteiger partial charge in [0.1, 0.15) is 0 Å². The molecule has 0 spiro atoms. The minimum absolute atomic E-state index is 0.264. The lowest BCUT2D eigenvalue weighted by Gasteiger charge is -2.13. The van der Waals surface area contributed by atoms with E-state index in [-0.39, 0.29) is 17.7 Å². The first kappa shape index (κ1) is 20.5. The average Bonchev–Trinajstić information content (AvgIpc) is 2.91. The SMILES string of the molecule is CCOc1c(Br)cc(/C=C2\SC(=O)N(Cc3cccc(C)c3)C2=O)cc1OC. The van der Waals surface area contributed by atoms with Crippen molar-refractivity contribution in [2.45, 2.75) is 20.4 Å². The number of halogens is 1. The van der Waals surface area contributed by atoms with Crippen molar-refractivity contribution in [3.8, 4) is 11.5 Å². The summed E-state index contributed by atoms with van der Waals surface area (Å²) in [6, 6.07) is 11.4. The van der Waals surface area contributed by atoms with Gasteiger partial charge in [-0.15, -0.1) is 0 Å². The van der Waals surface area contributed by atoms with Crippen LogP contribution in [-0.4, -0.2) is 29.8 Å². The van der Waals surface area contributed by atoms with Crippen molar-refractivity contribution < 1.29 is 19.1 Å². The smallest absolute Gasteiger partial charge is 0.293 e. The van der Waals surface area contributed by atoms with E-state index in [1.165, 1.54) is 4.90 Å². The van der Waals surface area contributed by atoms with Crippen molar-refractivity contribution in [2.75, 3.05) is 13.7 Å². The molecular formula is C21H20BrNO4S. The molecule has 0 saturated carbocycles. The summed E-state index contributed by atoms with van der Waals surface area (Å²) >= 11 is 4.42. The fourth-order valence-electron chi connectivity index (χ4n) is 2.89. The third-order valence-corrected chi connectivity index (χ3v) is 5.63. The van der Waals surface area contributed by atoms with E-state index < -0.39 is 0 Å². The van der Waals surface area contributed by atoms with Gasteiger partial charge >= 0.3 is 0 Å². The second kappa shape index (κ2) is 8.84. The Balaban J connectivity index is 1.86. The Labute approximate surface area is 176 Å². The number of carbonyl (C=O) groups excluding carboxylic acids is 2. The summed E-state index contributed by atoms with van der Waals surface area (Å²) < 4.78 is 11.7. The highest BCUT2D eigenvalue weighted by Gasteiger charge is 2.35. The third kappa shape index (κ3) is 4.42. The normalized spacial score (nSPS) is 15.4. The molecule has 1 aliphatic heterocycles. The number of carbonyl (C=O) groups is 2. The summed E-state index contributed by atoms with van der Waals surface area (Å²) in [7, 11) is 1.56. The monoisotopic (exact) mass is 461 g/mol. The number of hydrogen-bond acceptors (Lipinski definition) is 5. The summed E-state index contributed by atoms with van der Waals surface area (Å²) in [6.45, 7) is 4.64. The van der Waals surface area contributed by atoms with Crippen molar-refractivity contribution in [1.29, 1.82) is 0 Å². The first-order valence-electron chi connectivity index (χ1n) is 8.74. The second-order valence-corrected chi connectivity index (χ2v) is 8.07. The van der Waals surface area contributed by atoms with Gasteiger partial charge in [0, 0.05) is 0 Å². The van der Waals surface area contributed by atoms with E-state index in [1.807, 2.05) is 44.2 Å². The Kier molecular flexibility index (Phi) is 6.46. The number of thioether (sulfide) groups is 1. The van der Waals surface area contributed by atoms with Crippen molar-refractivity contribution in [2.24, 2.45) is 0 Å². The summed E-state index contributed by atoms with van der Waals surface area (Å²) in [5.74, 6) is 0.872. The summed E-state index contributed by atoms with van der Waals surface area (Å²) in [4.78, 5) is 26.8. The maximum Gasteiger partial charge on any atom is 0.293 e. The molecule has 2 aromatic rings. The molecule has 146 valence electrons. The van der Waals surface area contributed by atoms with Gasteiger partial charge in [-0.2, -0.15) is 0 Å². The number of ether oxygens (including phenoxy) is 2. The molecule has 0 N–H and O–H groups in total. The maximum absolute atomic E-state index is 12.8. The summed E-state index contributed by atoms with van der Waals surface area (Å²) in [5.41, 5.74) is 2.76. The molecule has 2 aromatic carbocycles. The molecule has 2 amide bonds. The molecule has 1 fully saturated rings. The largest absolute Gasteiger partial charge is 0.493 e. The van der Waals surface area contributed by atoms with Crippen LogP contribution in [0.1, 0.15) is 23.6 Å². The Morgan fingerprint density at radius 3 is 2.68 bits per heavy atom. The molecule has 0 radical (unpaired) electrons. The average molecular weight is 462 g/mol. The van der Waals surface area contributed by atoms with Gasteiger partial charge in [-0.1, -0.05) is 29.8 Å². The number of benzene rings is 2. The zero-order chi connectivity index (χ0) is 20.3. The highest BCUT2D eigenvalue weighted by atomic mass is 79.9. The van der Waals surface area contributed by atoms with Crippen LogP contribution in [-0.2, 0) is 11.3 Å². The van der Waals surface area contributed by atoms with E-state index in [4.69, 9.17) is 9.47 Å². The summed E-state index contributed by atoms with van der Waals surface area (Å²) in [6.07, 6.45) is 1.70. The number of methoxy groups -OCH3 is 1. The quantitative estimate of drug-likeness (QED) is 0.538. The van der Waals surface area contributed by atoms with E-state index >= 15 is 0 Å². The molecule has 7 heteroatoms. The number of rotatable bonds is 6. The highest BCUT2D eigenvalue weighted by Crippen LogP contribution is 2.39. The predicted octanol–water partition coefficient (Wildman–Crippen LogP) is 5.40. The number of amides is 2. The Morgan fingerprint density at radius 2 is 2.00 bits per heavy atom. The molecular weight excluding hydrogens is 442 g/mol. The van der Waals surface area contributed by atoms with Gasteiger partial charge < -0.3 is 9.47 Å². The Hall–Kier alpha value is -2.25. The zero-order valence-corrected chi connectivity index (χ0v) is 18.2. The van der Waals surface area contributed by atoms with Crippen molar-refractivity contribution in [3.63, 3.8) is 0 Å². The van der Waals surface area contributed by atoms with Crippen LogP contribution in [0.4, 0.5) is 4.79 Å². The molecule has 0 aliphatic carbocycles. The van der Waals surface area contributed by atoms with E-state index in [9.17, 15) is 9.59 Å². The van der Waals surface area contributed by atoms with Crippen LogP contribution in [0.5, 0.6) is 11.5 Å². The Bertz CT molecular complexity index is 957. The van der Waals surface area contributed by atoms with E-state index in [2.05, 4.69) is 15.9 Å². The fourth-order valence-corrected chi connectivity index (χ4v) is 4.30. The van der Waals surface area contributed by atoms with Crippen molar-refractivity contribution in [3.05, 3.63) is 62.5 Å². The second-order valence-electron chi connectivity index (χ2n) is 6.22. The van der Waals surface area contributed by atoms with Gasteiger partial charge in [0.2, 0.25) is 0 Å². The van der Waals surface area contributed by atoms with Crippen LogP contribution < -0.4 is 9.47 Å². The molecule has 0 unspecified atom stereocenters. The third-order valence-electron chi connectivity index (χ3n) is 4.13. The maximum atomic E-state index is 12.8. The minimum atomic E-state index is -0.291. The molecule has 1 saturated heterocycles. The van der Waals surface area contributed by atoms with Crippen LogP contribution in [0.15, 0.2) is 45.8 Å². The summed E-state index contributed by atoms with van der Waals surface area (Å²) in [5, 5.41) is -0.269. The van der Waals surface area contributed by atoms with Crippen molar-refractivity contribution in [1.82, 2.24) is 4.90 Å². The van der Waals surface area contributed by atoms with Gasteiger partial charge in [0.05, 0.1) is 29.6 Å². The molecule has 0 aromatic heterocycles.